The summed E-state index contributed by atoms with van der Waals surface area (Å²) in [5.41, 5.74) is 0. The molecule has 1 aliphatic rings. The van der Waals surface area contributed by atoms with Crippen LogP contribution in [0.2, 0.25) is 0 Å². The van der Waals surface area contributed by atoms with Crippen molar-refractivity contribution in [1.29, 1.82) is 0 Å². The van der Waals surface area contributed by atoms with Crippen molar-refractivity contribution in [1.82, 2.24) is 25.4 Å². The molecule has 0 aliphatic heterocycles. The number of hydrogen-bond acceptors (Lipinski definition) is 3. The average molecular weight is 448 g/mol. The first-order valence-electron chi connectivity index (χ1n) is 9.10. The van der Waals surface area contributed by atoms with E-state index in [0.29, 0.717) is 12.0 Å². The van der Waals surface area contributed by atoms with E-state index < -0.39 is 0 Å². The lowest BCUT2D eigenvalue weighted by Crippen LogP contribution is -2.45. The van der Waals surface area contributed by atoms with Gasteiger partial charge in [-0.25, -0.2) is 0 Å². The smallest absolute Gasteiger partial charge is 0.191 e. The lowest BCUT2D eigenvalue weighted by molar-refractivity contribution is 0.409. The van der Waals surface area contributed by atoms with Crippen LogP contribution in [0.3, 0.4) is 0 Å². The van der Waals surface area contributed by atoms with Gasteiger partial charge in [-0.3, -0.25) is 4.99 Å². The summed E-state index contributed by atoms with van der Waals surface area (Å²) in [4.78, 5) is 4.73. The van der Waals surface area contributed by atoms with Crippen molar-refractivity contribution in [2.45, 2.75) is 71.9 Å². The molecular formula is C17H33IN6. The van der Waals surface area contributed by atoms with Gasteiger partial charge in [0.15, 0.2) is 5.96 Å². The van der Waals surface area contributed by atoms with Gasteiger partial charge in [0.05, 0.1) is 0 Å². The van der Waals surface area contributed by atoms with Crippen LogP contribution in [0.1, 0.15) is 58.7 Å². The Hall–Kier alpha value is -0.860. The van der Waals surface area contributed by atoms with Gasteiger partial charge in [-0.1, -0.05) is 40.0 Å². The minimum absolute atomic E-state index is 0. The van der Waals surface area contributed by atoms with Crippen LogP contribution >= 0.6 is 24.0 Å². The third-order valence-corrected chi connectivity index (χ3v) is 4.22. The second kappa shape index (κ2) is 11.7. The molecule has 0 bridgehead atoms. The maximum atomic E-state index is 4.73. The minimum atomic E-state index is 0. The van der Waals surface area contributed by atoms with Crippen molar-refractivity contribution in [3.8, 4) is 0 Å². The number of hydrogen-bond donors (Lipinski definition) is 2. The number of nitrogens with zero attached hydrogens (tertiary/aromatic N) is 4. The van der Waals surface area contributed by atoms with Crippen LogP contribution in [0, 0.1) is 5.92 Å². The Morgan fingerprint density at radius 1 is 1.33 bits per heavy atom. The predicted octanol–water partition coefficient (Wildman–Crippen LogP) is 2.98. The zero-order valence-electron chi connectivity index (χ0n) is 15.3. The molecular weight excluding hydrogens is 415 g/mol. The van der Waals surface area contributed by atoms with E-state index in [1.807, 2.05) is 0 Å². The Morgan fingerprint density at radius 2 is 2.08 bits per heavy atom. The number of halogens is 1. The maximum Gasteiger partial charge on any atom is 0.191 e. The molecule has 0 radical (unpaired) electrons. The minimum Gasteiger partial charge on any atom is -0.355 e. The number of nitrogens with one attached hydrogen (secondary N) is 2. The van der Waals surface area contributed by atoms with E-state index in [-0.39, 0.29) is 24.0 Å². The molecule has 6 nitrogen and oxygen atoms in total. The Morgan fingerprint density at radius 3 is 2.75 bits per heavy atom. The summed E-state index contributed by atoms with van der Waals surface area (Å²) in [6.07, 6.45) is 9.26. The molecule has 7 heteroatoms. The monoisotopic (exact) mass is 448 g/mol. The van der Waals surface area contributed by atoms with Crippen molar-refractivity contribution in [3.05, 3.63) is 12.2 Å². The second-order valence-electron chi connectivity index (χ2n) is 6.78. The van der Waals surface area contributed by atoms with E-state index in [1.165, 1.54) is 32.1 Å². The zero-order chi connectivity index (χ0) is 16.5. The van der Waals surface area contributed by atoms with Crippen LogP contribution in [-0.4, -0.2) is 39.9 Å². The van der Waals surface area contributed by atoms with Gasteiger partial charge in [-0.2, -0.15) is 0 Å². The highest BCUT2D eigenvalue weighted by molar-refractivity contribution is 14.0. The van der Waals surface area contributed by atoms with E-state index in [0.717, 1.165) is 37.8 Å². The first-order chi connectivity index (χ1) is 11.2. The van der Waals surface area contributed by atoms with E-state index in [1.54, 1.807) is 6.33 Å². The highest BCUT2D eigenvalue weighted by Gasteiger charge is 2.14. The molecule has 1 aromatic heterocycles. The third kappa shape index (κ3) is 7.36. The lowest BCUT2D eigenvalue weighted by atomic mass is 9.96. The fraction of sp³-hybridized carbons (Fsp3) is 0.824. The van der Waals surface area contributed by atoms with Gasteiger partial charge in [-0.05, 0) is 18.8 Å². The average Bonchev–Trinajstić information content (AvgIpc) is 3.01. The van der Waals surface area contributed by atoms with E-state index in [4.69, 9.17) is 4.99 Å². The molecule has 1 aromatic rings. The second-order valence-corrected chi connectivity index (χ2v) is 6.78. The van der Waals surface area contributed by atoms with Gasteiger partial charge in [0.25, 0.3) is 0 Å². The summed E-state index contributed by atoms with van der Waals surface area (Å²) in [7, 11) is 0. The van der Waals surface area contributed by atoms with Crippen molar-refractivity contribution >= 4 is 29.9 Å². The van der Waals surface area contributed by atoms with Gasteiger partial charge in [0.1, 0.15) is 12.2 Å². The van der Waals surface area contributed by atoms with Gasteiger partial charge < -0.3 is 15.2 Å². The molecule has 0 atom stereocenters. The lowest BCUT2D eigenvalue weighted by Gasteiger charge is -2.25. The van der Waals surface area contributed by atoms with E-state index >= 15 is 0 Å². The Bertz CT molecular complexity index is 479. The summed E-state index contributed by atoms with van der Waals surface area (Å²) >= 11 is 0. The zero-order valence-corrected chi connectivity index (χ0v) is 17.6. The fourth-order valence-electron chi connectivity index (χ4n) is 2.90. The number of rotatable bonds is 7. The summed E-state index contributed by atoms with van der Waals surface area (Å²) in [5, 5.41) is 15.2. The van der Waals surface area contributed by atoms with Crippen molar-refractivity contribution in [2.75, 3.05) is 13.1 Å². The Labute approximate surface area is 163 Å². The molecule has 1 saturated carbocycles. The van der Waals surface area contributed by atoms with E-state index in [2.05, 4.69) is 46.2 Å². The molecule has 138 valence electrons. The molecule has 0 unspecified atom stereocenters. The van der Waals surface area contributed by atoms with Crippen LogP contribution < -0.4 is 10.6 Å². The highest BCUT2D eigenvalue weighted by atomic mass is 127. The molecule has 2 N–H and O–H groups in total. The van der Waals surface area contributed by atoms with Crippen LogP contribution in [0.15, 0.2) is 11.3 Å². The molecule has 24 heavy (non-hydrogen) atoms. The standard InChI is InChI=1S/C17H32N6.HI/c1-4-16-22-20-13-23(16)11-10-18-17(19-12-14(2)3)21-15-8-6-5-7-9-15;/h13-15H,4-12H2,1-3H3,(H2,18,19,21);1H. The van der Waals surface area contributed by atoms with Crippen LogP contribution in [0.4, 0.5) is 0 Å². The molecule has 0 spiro atoms. The van der Waals surface area contributed by atoms with Crippen molar-refractivity contribution in [3.63, 3.8) is 0 Å². The van der Waals surface area contributed by atoms with Crippen molar-refractivity contribution in [2.24, 2.45) is 10.9 Å². The Kier molecular flexibility index (Phi) is 10.3. The van der Waals surface area contributed by atoms with Crippen LogP contribution in [-0.2, 0) is 13.0 Å². The molecule has 0 saturated heterocycles. The Balaban J connectivity index is 0.00000288. The molecule has 2 rings (SSSR count). The van der Waals surface area contributed by atoms with Crippen LogP contribution in [0.5, 0.6) is 0 Å². The van der Waals surface area contributed by atoms with Gasteiger partial charge in [-0.15, -0.1) is 34.2 Å². The van der Waals surface area contributed by atoms with Crippen LogP contribution in [0.25, 0.3) is 0 Å². The topological polar surface area (TPSA) is 67.1 Å². The van der Waals surface area contributed by atoms with Gasteiger partial charge in [0, 0.05) is 32.1 Å². The number of aromatic nitrogens is 3. The molecule has 0 amide bonds. The summed E-state index contributed by atoms with van der Waals surface area (Å²) < 4.78 is 2.10. The highest BCUT2D eigenvalue weighted by Crippen LogP contribution is 2.17. The molecule has 1 fully saturated rings. The summed E-state index contributed by atoms with van der Waals surface area (Å²) in [6, 6.07) is 0.572. The van der Waals surface area contributed by atoms with Gasteiger partial charge in [0.2, 0.25) is 0 Å². The SMILES string of the molecule is CCc1nncn1CCNC(=NCC(C)C)NC1CCCCC1.I. The van der Waals surface area contributed by atoms with Crippen molar-refractivity contribution < 1.29 is 0 Å². The van der Waals surface area contributed by atoms with Gasteiger partial charge >= 0.3 is 0 Å². The molecule has 0 aromatic carbocycles. The summed E-state index contributed by atoms with van der Waals surface area (Å²) in [6.45, 7) is 9.06. The predicted molar refractivity (Wildman–Crippen MR) is 110 cm³/mol. The van der Waals surface area contributed by atoms with E-state index in [9.17, 15) is 0 Å². The number of aliphatic imine (C=N–C) groups is 1. The number of guanidine groups is 1. The third-order valence-electron chi connectivity index (χ3n) is 4.22. The largest absolute Gasteiger partial charge is 0.355 e. The first kappa shape index (κ1) is 21.2. The number of aryl methyl sites for hydroxylation is 1. The maximum absolute atomic E-state index is 4.73. The normalized spacial score (nSPS) is 16.1. The fourth-order valence-corrected chi connectivity index (χ4v) is 2.90. The first-order valence-corrected chi connectivity index (χ1v) is 9.10. The molecule has 1 heterocycles. The molecule has 1 aliphatic carbocycles. The summed E-state index contributed by atoms with van der Waals surface area (Å²) in [5.74, 6) is 2.56. The quantitative estimate of drug-likeness (QED) is 0.383.